The minimum Gasteiger partial charge on any atom is -0.324 e. The Labute approximate surface area is 111 Å². The lowest BCUT2D eigenvalue weighted by Crippen LogP contribution is -2.43. The number of hydrogen-bond acceptors (Lipinski definition) is 4. The second-order valence-electron chi connectivity index (χ2n) is 4.71. The molecule has 1 saturated heterocycles. The molecule has 0 saturated carbocycles. The molecule has 1 heterocycles. The van der Waals surface area contributed by atoms with E-state index in [0.29, 0.717) is 25.3 Å². The van der Waals surface area contributed by atoms with Crippen molar-refractivity contribution in [2.45, 2.75) is 12.1 Å². The van der Waals surface area contributed by atoms with Crippen LogP contribution in [0.1, 0.15) is 6.42 Å². The zero-order valence-electron chi connectivity index (χ0n) is 9.71. The third-order valence-electron chi connectivity index (χ3n) is 3.13. The Morgan fingerprint density at radius 3 is 2.28 bits per heavy atom. The predicted molar refractivity (Wildman–Crippen MR) is 71.1 cm³/mol. The minimum absolute atomic E-state index is 0.165. The summed E-state index contributed by atoms with van der Waals surface area (Å²) in [4.78, 5) is 36.4. The van der Waals surface area contributed by atoms with Crippen molar-refractivity contribution in [3.8, 4) is 0 Å². The fourth-order valence-electron chi connectivity index (χ4n) is 2.27. The standard InChI is InChI=1S/C8H19NO6P2S/c10-16(11,12)4-8(17(13,14)15)7-1-6(5-18)2-9-3-7/h6-9,18H,1-5H2,(H2,10,11,12)(H2,13,14,15). The van der Waals surface area contributed by atoms with Crippen LogP contribution in [0.2, 0.25) is 0 Å². The Bertz CT molecular complexity index is 369. The molecule has 0 aromatic heterocycles. The van der Waals surface area contributed by atoms with Crippen molar-refractivity contribution in [2.75, 3.05) is 25.0 Å². The first-order valence-electron chi connectivity index (χ1n) is 5.55. The van der Waals surface area contributed by atoms with Crippen LogP contribution in [0.5, 0.6) is 0 Å². The molecule has 1 aliphatic heterocycles. The lowest BCUT2D eigenvalue weighted by atomic mass is 9.89. The summed E-state index contributed by atoms with van der Waals surface area (Å²) in [6.45, 7) is 1.07. The molecule has 0 aromatic rings. The van der Waals surface area contributed by atoms with E-state index in [9.17, 15) is 18.9 Å². The van der Waals surface area contributed by atoms with Crippen LogP contribution >= 0.6 is 27.8 Å². The number of nitrogens with one attached hydrogen (secondary N) is 1. The van der Waals surface area contributed by atoms with Gasteiger partial charge < -0.3 is 24.9 Å². The molecule has 3 unspecified atom stereocenters. The molecule has 3 atom stereocenters. The van der Waals surface area contributed by atoms with Crippen LogP contribution in [0.25, 0.3) is 0 Å². The number of thiol groups is 1. The van der Waals surface area contributed by atoms with E-state index in [1.54, 1.807) is 0 Å². The first kappa shape index (κ1) is 16.7. The SMILES string of the molecule is O=P(O)(O)CC(C1CNCC(CS)C1)P(=O)(O)O. The Morgan fingerprint density at radius 1 is 1.22 bits per heavy atom. The van der Waals surface area contributed by atoms with Crippen LogP contribution < -0.4 is 5.32 Å². The topological polar surface area (TPSA) is 127 Å². The van der Waals surface area contributed by atoms with Crippen molar-refractivity contribution in [3.05, 3.63) is 0 Å². The maximum absolute atomic E-state index is 11.4. The molecule has 1 aliphatic rings. The van der Waals surface area contributed by atoms with E-state index in [-0.39, 0.29) is 5.92 Å². The summed E-state index contributed by atoms with van der Waals surface area (Å²) in [6.07, 6.45) is -0.255. The predicted octanol–water partition coefficient (Wildman–Crippen LogP) is -0.134. The molecule has 1 fully saturated rings. The Kier molecular flexibility index (Phi) is 5.90. The molecule has 18 heavy (non-hydrogen) atoms. The highest BCUT2D eigenvalue weighted by atomic mass is 32.1. The molecule has 108 valence electrons. The van der Waals surface area contributed by atoms with E-state index in [2.05, 4.69) is 17.9 Å². The fourth-order valence-corrected chi connectivity index (χ4v) is 5.60. The number of rotatable bonds is 5. The Morgan fingerprint density at radius 2 is 1.83 bits per heavy atom. The monoisotopic (exact) mass is 319 g/mol. The lowest BCUT2D eigenvalue weighted by molar-refractivity contribution is 0.266. The molecule has 10 heteroatoms. The summed E-state index contributed by atoms with van der Waals surface area (Å²) < 4.78 is 22.4. The molecule has 0 aromatic carbocycles. The smallest absolute Gasteiger partial charge is 0.324 e. The van der Waals surface area contributed by atoms with Gasteiger partial charge in [-0.15, -0.1) is 0 Å². The summed E-state index contributed by atoms with van der Waals surface area (Å²) in [6, 6.07) is 0. The van der Waals surface area contributed by atoms with Crippen LogP contribution in [0, 0.1) is 11.8 Å². The maximum atomic E-state index is 11.4. The van der Waals surface area contributed by atoms with Crippen molar-refractivity contribution in [1.82, 2.24) is 5.32 Å². The first-order valence-corrected chi connectivity index (χ1v) is 9.66. The van der Waals surface area contributed by atoms with E-state index in [1.807, 2.05) is 0 Å². The molecule has 0 spiro atoms. The zero-order chi connectivity index (χ0) is 14.0. The van der Waals surface area contributed by atoms with E-state index in [1.165, 1.54) is 0 Å². The average Bonchev–Trinajstić information content (AvgIpc) is 2.23. The van der Waals surface area contributed by atoms with Crippen molar-refractivity contribution in [3.63, 3.8) is 0 Å². The molecule has 0 radical (unpaired) electrons. The minimum atomic E-state index is -4.53. The molecule has 0 amide bonds. The molecule has 5 N–H and O–H groups in total. The summed E-state index contributed by atoms with van der Waals surface area (Å²) in [5, 5.41) is 3.03. The van der Waals surface area contributed by atoms with Crippen molar-refractivity contribution in [2.24, 2.45) is 11.8 Å². The van der Waals surface area contributed by atoms with Gasteiger partial charge in [-0.2, -0.15) is 12.6 Å². The second kappa shape index (κ2) is 6.37. The van der Waals surface area contributed by atoms with E-state index in [0.717, 1.165) is 0 Å². The van der Waals surface area contributed by atoms with Gasteiger partial charge in [-0.3, -0.25) is 9.13 Å². The van der Waals surface area contributed by atoms with Gasteiger partial charge in [-0.1, -0.05) is 0 Å². The Hall–Kier alpha value is 0.610. The van der Waals surface area contributed by atoms with E-state index in [4.69, 9.17) is 9.79 Å². The van der Waals surface area contributed by atoms with Gasteiger partial charge in [0.25, 0.3) is 0 Å². The molecular weight excluding hydrogens is 300 g/mol. The van der Waals surface area contributed by atoms with Gasteiger partial charge in [0.2, 0.25) is 0 Å². The van der Waals surface area contributed by atoms with Crippen molar-refractivity contribution < 1.29 is 28.7 Å². The van der Waals surface area contributed by atoms with Crippen LogP contribution in [-0.2, 0) is 9.13 Å². The summed E-state index contributed by atoms with van der Waals surface area (Å²) >= 11 is 4.14. The molecule has 0 aliphatic carbocycles. The first-order chi connectivity index (χ1) is 8.13. The van der Waals surface area contributed by atoms with E-state index < -0.39 is 32.9 Å². The molecule has 1 rings (SSSR count). The van der Waals surface area contributed by atoms with Crippen LogP contribution in [0.4, 0.5) is 0 Å². The fraction of sp³-hybridized carbons (Fsp3) is 1.00. The highest BCUT2D eigenvalue weighted by Gasteiger charge is 2.42. The van der Waals surface area contributed by atoms with Crippen molar-refractivity contribution >= 4 is 27.8 Å². The largest absolute Gasteiger partial charge is 0.329 e. The second-order valence-corrected chi connectivity index (χ2v) is 8.61. The normalized spacial score (nSPS) is 28.1. The van der Waals surface area contributed by atoms with Gasteiger partial charge in [0.05, 0.1) is 11.8 Å². The van der Waals surface area contributed by atoms with Gasteiger partial charge in [0.15, 0.2) is 0 Å². The zero-order valence-corrected chi connectivity index (χ0v) is 12.4. The van der Waals surface area contributed by atoms with Gasteiger partial charge in [0, 0.05) is 0 Å². The third-order valence-corrected chi connectivity index (χ3v) is 6.28. The highest BCUT2D eigenvalue weighted by molar-refractivity contribution is 7.80. The molecular formula is C8H19NO6P2S. The summed E-state index contributed by atoms with van der Waals surface area (Å²) in [5.41, 5.74) is -1.30. The van der Waals surface area contributed by atoms with Gasteiger partial charge >= 0.3 is 15.2 Å². The van der Waals surface area contributed by atoms with Crippen molar-refractivity contribution in [1.29, 1.82) is 0 Å². The van der Waals surface area contributed by atoms with Crippen LogP contribution in [0.15, 0.2) is 0 Å². The third kappa shape index (κ3) is 5.31. The molecule has 7 nitrogen and oxygen atoms in total. The van der Waals surface area contributed by atoms with Gasteiger partial charge in [-0.05, 0) is 37.1 Å². The number of piperidine rings is 1. The summed E-state index contributed by atoms with van der Waals surface area (Å²) in [5.74, 6) is 0.301. The average molecular weight is 319 g/mol. The highest BCUT2D eigenvalue weighted by Crippen LogP contribution is 2.52. The van der Waals surface area contributed by atoms with Gasteiger partial charge in [-0.25, -0.2) is 0 Å². The maximum Gasteiger partial charge on any atom is 0.329 e. The van der Waals surface area contributed by atoms with E-state index >= 15 is 0 Å². The van der Waals surface area contributed by atoms with Crippen LogP contribution in [0.3, 0.4) is 0 Å². The number of hydrogen-bond donors (Lipinski definition) is 6. The molecule has 0 bridgehead atoms. The summed E-state index contributed by atoms with van der Waals surface area (Å²) in [7, 11) is -8.99. The lowest BCUT2D eigenvalue weighted by Gasteiger charge is -2.34. The van der Waals surface area contributed by atoms with Crippen LogP contribution in [-0.4, -0.2) is 50.2 Å². The van der Waals surface area contributed by atoms with Gasteiger partial charge in [0.1, 0.15) is 0 Å². The Balaban J connectivity index is 2.83. The quantitative estimate of drug-likeness (QED) is 0.308.